The molecule has 0 fully saturated rings. The number of carbonyl (C=O) groups excluding carboxylic acids is 1. The number of aryl methyl sites for hydroxylation is 1. The zero-order valence-corrected chi connectivity index (χ0v) is 10.7. The number of ketones is 1. The van der Waals surface area contributed by atoms with E-state index in [0.29, 0.717) is 5.02 Å². The smallest absolute Gasteiger partial charge is 0.162 e. The van der Waals surface area contributed by atoms with Gasteiger partial charge in [-0.05, 0) is 41.9 Å². The van der Waals surface area contributed by atoms with Gasteiger partial charge in [-0.3, -0.25) is 4.79 Å². The second-order valence-electron chi connectivity index (χ2n) is 3.49. The Balaban J connectivity index is 2.87. The minimum absolute atomic E-state index is 0.0529. The molecule has 0 bridgehead atoms. The van der Waals surface area contributed by atoms with E-state index < -0.39 is 0 Å². The molecule has 78 valence electrons. The lowest BCUT2D eigenvalue weighted by atomic mass is 10.1. The second kappa shape index (κ2) is 3.65. The summed E-state index contributed by atoms with van der Waals surface area (Å²) in [6.07, 6.45) is 0. The number of halogens is 2. The van der Waals surface area contributed by atoms with E-state index in [9.17, 15) is 4.79 Å². The molecule has 15 heavy (non-hydrogen) atoms. The van der Waals surface area contributed by atoms with Crippen LogP contribution < -0.4 is 0 Å². The van der Waals surface area contributed by atoms with E-state index in [1.807, 2.05) is 13.0 Å². The Kier molecular flexibility index (Phi) is 2.61. The molecule has 2 rings (SSSR count). The van der Waals surface area contributed by atoms with Crippen LogP contribution in [-0.4, -0.2) is 10.8 Å². The number of rotatable bonds is 1. The van der Waals surface area contributed by atoms with Crippen LogP contribution in [0.1, 0.15) is 23.0 Å². The molecule has 0 saturated heterocycles. The summed E-state index contributed by atoms with van der Waals surface area (Å²) in [7, 11) is 0. The van der Waals surface area contributed by atoms with Gasteiger partial charge in [-0.25, -0.2) is 0 Å². The average Bonchev–Trinajstić information content (AvgIpc) is 2.41. The van der Waals surface area contributed by atoms with Crippen LogP contribution in [-0.2, 0) is 0 Å². The zero-order valence-electron chi connectivity index (χ0n) is 8.32. The molecule has 0 aliphatic heterocycles. The van der Waals surface area contributed by atoms with E-state index in [1.165, 1.54) is 0 Å². The van der Waals surface area contributed by atoms with Gasteiger partial charge in [-0.1, -0.05) is 11.6 Å². The molecular formula is C11H9BrClNO. The third-order valence-corrected chi connectivity index (χ3v) is 3.58. The van der Waals surface area contributed by atoms with Crippen LogP contribution in [0.25, 0.3) is 10.9 Å². The normalized spacial score (nSPS) is 10.9. The summed E-state index contributed by atoms with van der Waals surface area (Å²) in [6.45, 7) is 3.45. The highest BCUT2D eigenvalue weighted by Crippen LogP contribution is 2.31. The zero-order chi connectivity index (χ0) is 11.2. The van der Waals surface area contributed by atoms with Crippen molar-refractivity contribution >= 4 is 44.2 Å². The number of benzene rings is 1. The summed E-state index contributed by atoms with van der Waals surface area (Å²) in [6, 6.07) is 3.69. The Morgan fingerprint density at radius 2 is 2.13 bits per heavy atom. The fourth-order valence-corrected chi connectivity index (χ4v) is 2.28. The third-order valence-electron chi connectivity index (χ3n) is 2.38. The predicted octanol–water partition coefficient (Wildman–Crippen LogP) is 4.09. The van der Waals surface area contributed by atoms with Crippen molar-refractivity contribution in [3.63, 3.8) is 0 Å². The minimum atomic E-state index is 0.0529. The molecule has 1 heterocycles. The molecule has 0 aliphatic carbocycles. The van der Waals surface area contributed by atoms with Crippen LogP contribution in [0, 0.1) is 6.92 Å². The molecule has 1 aromatic heterocycles. The molecule has 4 heteroatoms. The highest BCUT2D eigenvalue weighted by Gasteiger charge is 2.13. The largest absolute Gasteiger partial charge is 0.358 e. The van der Waals surface area contributed by atoms with E-state index in [-0.39, 0.29) is 5.78 Å². The number of aromatic amines is 1. The fraction of sp³-hybridized carbons (Fsp3) is 0.182. The van der Waals surface area contributed by atoms with Gasteiger partial charge in [0.25, 0.3) is 0 Å². The van der Waals surface area contributed by atoms with Gasteiger partial charge < -0.3 is 4.98 Å². The maximum Gasteiger partial charge on any atom is 0.162 e. The molecule has 0 saturated carbocycles. The number of Topliss-reactive ketones (excluding diaryl/α,β-unsaturated/α-hetero) is 1. The van der Waals surface area contributed by atoms with Crippen LogP contribution >= 0.6 is 27.5 Å². The van der Waals surface area contributed by atoms with Gasteiger partial charge in [0.05, 0.1) is 5.02 Å². The number of carbonyl (C=O) groups is 1. The molecular weight excluding hydrogens is 277 g/mol. The van der Waals surface area contributed by atoms with Crippen molar-refractivity contribution < 1.29 is 4.79 Å². The third kappa shape index (κ3) is 1.70. The standard InChI is InChI=1S/C11H9BrClNO/c1-5-11(6(2)15)7-3-9(13)8(12)4-10(7)14-5/h3-4,14H,1-2H3. The van der Waals surface area contributed by atoms with Crippen molar-refractivity contribution in [1.82, 2.24) is 4.98 Å². The van der Waals surface area contributed by atoms with Crippen LogP contribution in [0.15, 0.2) is 16.6 Å². The van der Waals surface area contributed by atoms with Crippen molar-refractivity contribution in [2.24, 2.45) is 0 Å². The van der Waals surface area contributed by atoms with E-state index in [1.54, 1.807) is 13.0 Å². The van der Waals surface area contributed by atoms with Crippen molar-refractivity contribution in [2.45, 2.75) is 13.8 Å². The van der Waals surface area contributed by atoms with E-state index in [2.05, 4.69) is 20.9 Å². The monoisotopic (exact) mass is 285 g/mol. The Morgan fingerprint density at radius 1 is 1.47 bits per heavy atom. The van der Waals surface area contributed by atoms with Crippen LogP contribution in [0.2, 0.25) is 5.02 Å². The molecule has 0 atom stereocenters. The first-order chi connectivity index (χ1) is 7.00. The van der Waals surface area contributed by atoms with Crippen molar-refractivity contribution in [2.75, 3.05) is 0 Å². The molecule has 1 N–H and O–H groups in total. The maximum atomic E-state index is 11.5. The van der Waals surface area contributed by atoms with E-state index >= 15 is 0 Å². The Bertz CT molecular complexity index is 559. The SMILES string of the molecule is CC(=O)c1c(C)[nH]c2cc(Br)c(Cl)cc12. The van der Waals surface area contributed by atoms with Gasteiger partial charge in [-0.15, -0.1) is 0 Å². The Hall–Kier alpha value is -0.800. The van der Waals surface area contributed by atoms with Crippen molar-refractivity contribution in [1.29, 1.82) is 0 Å². The minimum Gasteiger partial charge on any atom is -0.358 e. The number of hydrogen-bond donors (Lipinski definition) is 1. The molecule has 0 spiro atoms. The van der Waals surface area contributed by atoms with Gasteiger partial charge in [0.2, 0.25) is 0 Å². The summed E-state index contributed by atoms with van der Waals surface area (Å²) >= 11 is 9.35. The molecule has 2 aromatic rings. The molecule has 0 amide bonds. The van der Waals surface area contributed by atoms with Gasteiger partial charge in [0.1, 0.15) is 0 Å². The maximum absolute atomic E-state index is 11.5. The first-order valence-electron chi connectivity index (χ1n) is 4.49. The summed E-state index contributed by atoms with van der Waals surface area (Å²) in [5.41, 5.74) is 2.53. The highest BCUT2D eigenvalue weighted by atomic mass is 79.9. The molecule has 1 aromatic carbocycles. The topological polar surface area (TPSA) is 32.9 Å². The molecule has 2 nitrogen and oxygen atoms in total. The highest BCUT2D eigenvalue weighted by molar-refractivity contribution is 9.10. The summed E-state index contributed by atoms with van der Waals surface area (Å²) < 4.78 is 0.827. The lowest BCUT2D eigenvalue weighted by Gasteiger charge is -1.97. The van der Waals surface area contributed by atoms with Crippen LogP contribution in [0.3, 0.4) is 0 Å². The fourth-order valence-electron chi connectivity index (χ4n) is 1.78. The van der Waals surface area contributed by atoms with Crippen molar-refractivity contribution in [3.05, 3.63) is 32.9 Å². The van der Waals surface area contributed by atoms with E-state index in [4.69, 9.17) is 11.6 Å². The first-order valence-corrected chi connectivity index (χ1v) is 5.66. The summed E-state index contributed by atoms with van der Waals surface area (Å²) in [5.74, 6) is 0.0529. The number of nitrogens with one attached hydrogen (secondary N) is 1. The molecule has 0 aliphatic rings. The van der Waals surface area contributed by atoms with Crippen LogP contribution in [0.5, 0.6) is 0 Å². The molecule has 0 radical (unpaired) electrons. The molecule has 0 unspecified atom stereocenters. The number of aromatic nitrogens is 1. The van der Waals surface area contributed by atoms with Gasteiger partial charge >= 0.3 is 0 Å². The second-order valence-corrected chi connectivity index (χ2v) is 4.75. The summed E-state index contributed by atoms with van der Waals surface area (Å²) in [4.78, 5) is 14.6. The van der Waals surface area contributed by atoms with Crippen molar-refractivity contribution in [3.8, 4) is 0 Å². The average molecular weight is 287 g/mol. The number of hydrogen-bond acceptors (Lipinski definition) is 1. The summed E-state index contributed by atoms with van der Waals surface area (Å²) in [5, 5.41) is 1.50. The first kappa shape index (κ1) is 10.7. The van der Waals surface area contributed by atoms with Crippen LogP contribution in [0.4, 0.5) is 0 Å². The predicted molar refractivity (Wildman–Crippen MR) is 65.8 cm³/mol. The van der Waals surface area contributed by atoms with Gasteiger partial charge in [-0.2, -0.15) is 0 Å². The van der Waals surface area contributed by atoms with E-state index in [0.717, 1.165) is 26.6 Å². The lowest BCUT2D eigenvalue weighted by Crippen LogP contribution is -1.92. The quantitative estimate of drug-likeness (QED) is 0.787. The van der Waals surface area contributed by atoms with Gasteiger partial charge in [0.15, 0.2) is 5.78 Å². The Labute approximate surface area is 101 Å². The lowest BCUT2D eigenvalue weighted by molar-refractivity contribution is 0.101. The number of H-pyrrole nitrogens is 1. The Morgan fingerprint density at radius 3 is 2.73 bits per heavy atom. The van der Waals surface area contributed by atoms with Gasteiger partial charge in [0, 0.05) is 26.6 Å². The number of fused-ring (bicyclic) bond motifs is 1.